The zero-order valence-corrected chi connectivity index (χ0v) is 6.03. The molecule has 0 aliphatic heterocycles. The summed E-state index contributed by atoms with van der Waals surface area (Å²) >= 11 is 0. The molecule has 0 spiro atoms. The molecule has 1 nitrogen and oxygen atoms in total. The van der Waals surface area contributed by atoms with Crippen molar-refractivity contribution < 1.29 is 4.57 Å². The summed E-state index contributed by atoms with van der Waals surface area (Å²) in [6.07, 6.45) is 3.62. The van der Waals surface area contributed by atoms with Crippen molar-refractivity contribution in [2.24, 2.45) is 5.92 Å². The highest BCUT2D eigenvalue weighted by Crippen LogP contribution is 2.32. The van der Waals surface area contributed by atoms with Gasteiger partial charge in [-0.3, -0.25) is 4.57 Å². The van der Waals surface area contributed by atoms with Crippen LogP contribution in [0.2, 0.25) is 0 Å². The Morgan fingerprint density at radius 1 is 1.50 bits per heavy atom. The number of hydrogen-bond donors (Lipinski definition) is 0. The quantitative estimate of drug-likeness (QED) is 0.498. The van der Waals surface area contributed by atoms with E-state index in [-0.39, 0.29) is 0 Å². The monoisotopic (exact) mass is 130 g/mol. The summed E-state index contributed by atoms with van der Waals surface area (Å²) < 4.78 is 10.2. The van der Waals surface area contributed by atoms with Crippen molar-refractivity contribution in [2.45, 2.75) is 31.8 Å². The zero-order chi connectivity index (χ0) is 5.98. The first kappa shape index (κ1) is 6.22. The molecular weight excluding hydrogens is 119 g/mol. The predicted octanol–water partition coefficient (Wildman–Crippen LogP) is 2.47. The standard InChI is InChI=1S/C6H11OP/c1-5-2-3-6(4-5)8-7/h5-6H,2-4H2,1H3. The van der Waals surface area contributed by atoms with Gasteiger partial charge < -0.3 is 0 Å². The molecule has 46 valence electrons. The van der Waals surface area contributed by atoms with Crippen LogP contribution in [-0.2, 0) is 4.57 Å². The second-order valence-corrected chi connectivity index (χ2v) is 3.62. The Hall–Kier alpha value is 0.100. The molecular formula is C6H11OP. The molecule has 0 amide bonds. The van der Waals surface area contributed by atoms with Gasteiger partial charge in [0.25, 0.3) is 0 Å². The van der Waals surface area contributed by atoms with Crippen molar-refractivity contribution in [2.75, 3.05) is 0 Å². The molecule has 2 atom stereocenters. The first-order valence-corrected chi connectivity index (χ1v) is 4.03. The Labute approximate surface area is 51.7 Å². The molecule has 1 fully saturated rings. The summed E-state index contributed by atoms with van der Waals surface area (Å²) in [6.45, 7) is 2.23. The third-order valence-electron chi connectivity index (χ3n) is 1.82. The maximum absolute atomic E-state index is 10.2. The molecule has 0 heterocycles. The smallest absolute Gasteiger partial charge is 0.158 e. The molecule has 8 heavy (non-hydrogen) atoms. The van der Waals surface area contributed by atoms with E-state index in [1.54, 1.807) is 0 Å². The van der Waals surface area contributed by atoms with Crippen LogP contribution >= 0.6 is 8.46 Å². The lowest BCUT2D eigenvalue weighted by Crippen LogP contribution is -1.88. The SMILES string of the molecule is CC1CCC(P=O)C1. The van der Waals surface area contributed by atoms with E-state index >= 15 is 0 Å². The van der Waals surface area contributed by atoms with E-state index in [0.717, 1.165) is 5.92 Å². The second-order valence-electron chi connectivity index (χ2n) is 2.68. The van der Waals surface area contributed by atoms with Crippen molar-refractivity contribution in [1.29, 1.82) is 0 Å². The van der Waals surface area contributed by atoms with E-state index in [1.165, 1.54) is 19.3 Å². The van der Waals surface area contributed by atoms with E-state index in [4.69, 9.17) is 0 Å². The Kier molecular flexibility index (Phi) is 2.01. The lowest BCUT2D eigenvalue weighted by molar-refractivity contribution is 0.584. The molecule has 1 rings (SSSR count). The molecule has 0 N–H and O–H groups in total. The third-order valence-corrected chi connectivity index (χ3v) is 2.58. The molecule has 1 aliphatic rings. The van der Waals surface area contributed by atoms with Crippen molar-refractivity contribution in [1.82, 2.24) is 0 Å². The predicted molar refractivity (Wildman–Crippen MR) is 34.4 cm³/mol. The van der Waals surface area contributed by atoms with E-state index < -0.39 is 0 Å². The van der Waals surface area contributed by atoms with Crippen LogP contribution in [0.15, 0.2) is 0 Å². The highest BCUT2D eigenvalue weighted by Gasteiger charge is 2.20. The van der Waals surface area contributed by atoms with Crippen LogP contribution < -0.4 is 0 Å². The lowest BCUT2D eigenvalue weighted by atomic mass is 10.1. The van der Waals surface area contributed by atoms with Crippen LogP contribution in [0.4, 0.5) is 0 Å². The van der Waals surface area contributed by atoms with Crippen LogP contribution in [0.25, 0.3) is 0 Å². The van der Waals surface area contributed by atoms with Gasteiger partial charge in [-0.1, -0.05) is 6.92 Å². The molecule has 0 radical (unpaired) electrons. The van der Waals surface area contributed by atoms with E-state index in [2.05, 4.69) is 6.92 Å². The average Bonchev–Trinajstić information content (AvgIpc) is 2.14. The topological polar surface area (TPSA) is 17.1 Å². The van der Waals surface area contributed by atoms with Crippen molar-refractivity contribution in [3.8, 4) is 0 Å². The summed E-state index contributed by atoms with van der Waals surface area (Å²) in [5, 5.41) is 0. The Morgan fingerprint density at radius 2 is 2.25 bits per heavy atom. The van der Waals surface area contributed by atoms with Gasteiger partial charge in [-0.25, -0.2) is 0 Å². The third kappa shape index (κ3) is 1.29. The van der Waals surface area contributed by atoms with Gasteiger partial charge in [-0.05, 0) is 25.2 Å². The van der Waals surface area contributed by atoms with Crippen LogP contribution in [0.3, 0.4) is 0 Å². The van der Waals surface area contributed by atoms with Gasteiger partial charge in [0.15, 0.2) is 8.46 Å². The minimum atomic E-state index is 0.367. The minimum absolute atomic E-state index is 0.367. The Morgan fingerprint density at radius 3 is 2.50 bits per heavy atom. The average molecular weight is 130 g/mol. The molecule has 1 aliphatic carbocycles. The molecule has 0 aromatic heterocycles. The molecule has 0 aromatic rings. The normalized spacial score (nSPS) is 38.6. The summed E-state index contributed by atoms with van der Waals surface area (Å²) in [6, 6.07) is 0. The number of hydrogen-bond acceptors (Lipinski definition) is 1. The fraction of sp³-hybridized carbons (Fsp3) is 1.00. The fourth-order valence-electron chi connectivity index (χ4n) is 1.27. The van der Waals surface area contributed by atoms with E-state index in [0.29, 0.717) is 14.1 Å². The Balaban J connectivity index is 2.32. The van der Waals surface area contributed by atoms with Crippen molar-refractivity contribution in [3.63, 3.8) is 0 Å². The summed E-state index contributed by atoms with van der Waals surface area (Å²) in [5.41, 5.74) is 0.491. The lowest BCUT2D eigenvalue weighted by Gasteiger charge is -1.94. The first-order valence-electron chi connectivity index (χ1n) is 3.15. The van der Waals surface area contributed by atoms with Gasteiger partial charge in [-0.2, -0.15) is 0 Å². The van der Waals surface area contributed by atoms with E-state index in [9.17, 15) is 4.57 Å². The van der Waals surface area contributed by atoms with Gasteiger partial charge in [0.05, 0.1) is 0 Å². The summed E-state index contributed by atoms with van der Waals surface area (Å²) in [4.78, 5) is 0. The zero-order valence-electron chi connectivity index (χ0n) is 5.13. The fourth-order valence-corrected chi connectivity index (χ4v) is 1.97. The largest absolute Gasteiger partial charge is 0.275 e. The van der Waals surface area contributed by atoms with Crippen LogP contribution in [0.5, 0.6) is 0 Å². The summed E-state index contributed by atoms with van der Waals surface area (Å²) in [7, 11) is 0.367. The highest BCUT2D eigenvalue weighted by molar-refractivity contribution is 7.24. The molecule has 2 heteroatoms. The molecule has 0 saturated heterocycles. The highest BCUT2D eigenvalue weighted by atomic mass is 31.1. The van der Waals surface area contributed by atoms with Crippen LogP contribution in [0, 0.1) is 5.92 Å². The van der Waals surface area contributed by atoms with Gasteiger partial charge in [0, 0.05) is 5.66 Å². The first-order chi connectivity index (χ1) is 3.83. The van der Waals surface area contributed by atoms with Crippen molar-refractivity contribution >= 4 is 8.46 Å². The molecule has 1 saturated carbocycles. The summed E-state index contributed by atoms with van der Waals surface area (Å²) in [5.74, 6) is 0.821. The minimum Gasteiger partial charge on any atom is -0.275 e. The molecule has 2 unspecified atom stereocenters. The van der Waals surface area contributed by atoms with Gasteiger partial charge in [0.1, 0.15) is 0 Å². The van der Waals surface area contributed by atoms with Crippen LogP contribution in [-0.4, -0.2) is 5.66 Å². The van der Waals surface area contributed by atoms with Crippen LogP contribution in [0.1, 0.15) is 26.2 Å². The molecule has 0 bridgehead atoms. The van der Waals surface area contributed by atoms with Gasteiger partial charge in [0.2, 0.25) is 0 Å². The second kappa shape index (κ2) is 2.59. The van der Waals surface area contributed by atoms with Crippen molar-refractivity contribution in [3.05, 3.63) is 0 Å². The van der Waals surface area contributed by atoms with Gasteiger partial charge >= 0.3 is 0 Å². The Bertz CT molecular complexity index is 92.5. The maximum atomic E-state index is 10.2. The maximum Gasteiger partial charge on any atom is 0.158 e. The molecule has 0 aromatic carbocycles. The number of rotatable bonds is 1. The van der Waals surface area contributed by atoms with Gasteiger partial charge in [-0.15, -0.1) is 0 Å². The van der Waals surface area contributed by atoms with E-state index in [1.807, 2.05) is 0 Å².